The molecule has 1 aromatic carbocycles. The van der Waals surface area contributed by atoms with Crippen LogP contribution in [0.2, 0.25) is 0 Å². The van der Waals surface area contributed by atoms with E-state index in [0.29, 0.717) is 12.2 Å². The van der Waals surface area contributed by atoms with E-state index >= 15 is 0 Å². The Morgan fingerprint density at radius 1 is 1.25 bits per heavy atom. The number of likely N-dealkylation sites (tertiary alicyclic amines) is 1. The summed E-state index contributed by atoms with van der Waals surface area (Å²) in [6.07, 6.45) is 5.71. The maximum absolute atomic E-state index is 12.0. The van der Waals surface area contributed by atoms with Gasteiger partial charge in [-0.1, -0.05) is 0 Å². The fraction of sp³-hybridized carbons (Fsp3) is 0.333. The minimum atomic E-state index is 0.154. The van der Waals surface area contributed by atoms with Crippen LogP contribution in [0.5, 0.6) is 0 Å². The number of nitrogens with two attached hydrogens (primary N) is 1. The number of hydrogen-bond acceptors (Lipinski definition) is 4. The summed E-state index contributed by atoms with van der Waals surface area (Å²) >= 11 is 0. The van der Waals surface area contributed by atoms with Gasteiger partial charge in [0, 0.05) is 47.6 Å². The fourth-order valence-electron chi connectivity index (χ4n) is 2.62. The molecule has 104 valence electrons. The summed E-state index contributed by atoms with van der Waals surface area (Å²) in [4.78, 5) is 18.0. The van der Waals surface area contributed by atoms with Gasteiger partial charge < -0.3 is 16.0 Å². The monoisotopic (exact) mass is 270 g/mol. The van der Waals surface area contributed by atoms with Gasteiger partial charge in [0.1, 0.15) is 0 Å². The first-order chi connectivity index (χ1) is 9.75. The quantitative estimate of drug-likeness (QED) is 0.835. The number of rotatable bonds is 3. The van der Waals surface area contributed by atoms with Crippen LogP contribution < -0.4 is 11.1 Å². The van der Waals surface area contributed by atoms with Crippen molar-refractivity contribution >= 4 is 28.1 Å². The number of nitrogens with one attached hydrogen (secondary N) is 1. The molecule has 1 aliphatic rings. The molecular formula is C15H18N4O. The lowest BCUT2D eigenvalue weighted by Gasteiger charge is -2.17. The number of benzene rings is 1. The maximum Gasteiger partial charge on any atom is 0.241 e. The highest BCUT2D eigenvalue weighted by Crippen LogP contribution is 2.27. The predicted molar refractivity (Wildman–Crippen MR) is 80.5 cm³/mol. The van der Waals surface area contributed by atoms with Crippen LogP contribution in [-0.2, 0) is 4.79 Å². The van der Waals surface area contributed by atoms with Crippen molar-refractivity contribution in [2.75, 3.05) is 30.7 Å². The van der Waals surface area contributed by atoms with E-state index in [1.807, 2.05) is 23.1 Å². The van der Waals surface area contributed by atoms with E-state index in [-0.39, 0.29) is 5.91 Å². The molecule has 1 fully saturated rings. The Bertz CT molecular complexity index is 635. The third-order valence-corrected chi connectivity index (χ3v) is 3.74. The number of nitrogens with zero attached hydrogens (tertiary/aromatic N) is 2. The number of carbonyl (C=O) groups is 1. The Labute approximate surface area is 117 Å². The van der Waals surface area contributed by atoms with Crippen LogP contribution >= 0.6 is 0 Å². The summed E-state index contributed by atoms with van der Waals surface area (Å²) < 4.78 is 0. The summed E-state index contributed by atoms with van der Waals surface area (Å²) in [5.41, 5.74) is 7.56. The molecule has 5 heteroatoms. The molecule has 0 spiro atoms. The number of anilines is 2. The normalized spacial score (nSPS) is 14.7. The van der Waals surface area contributed by atoms with Crippen LogP contribution in [-0.4, -0.2) is 35.4 Å². The number of carbonyl (C=O) groups excluding carboxylic acids is 1. The SMILES string of the molecule is Nc1ccc(NCC(=O)N2CCCC2)c2ccncc12. The van der Waals surface area contributed by atoms with Gasteiger partial charge in [0.25, 0.3) is 0 Å². The van der Waals surface area contributed by atoms with Gasteiger partial charge in [-0.05, 0) is 31.0 Å². The van der Waals surface area contributed by atoms with Crippen LogP contribution in [0.25, 0.3) is 10.8 Å². The van der Waals surface area contributed by atoms with Crippen LogP contribution in [0.3, 0.4) is 0 Å². The lowest BCUT2D eigenvalue weighted by Crippen LogP contribution is -2.33. The highest BCUT2D eigenvalue weighted by atomic mass is 16.2. The largest absolute Gasteiger partial charge is 0.398 e. The lowest BCUT2D eigenvalue weighted by atomic mass is 10.1. The zero-order chi connectivity index (χ0) is 13.9. The van der Waals surface area contributed by atoms with Gasteiger partial charge in [-0.15, -0.1) is 0 Å². The third-order valence-electron chi connectivity index (χ3n) is 3.74. The van der Waals surface area contributed by atoms with Crippen molar-refractivity contribution in [3.05, 3.63) is 30.6 Å². The Morgan fingerprint density at radius 3 is 2.85 bits per heavy atom. The maximum atomic E-state index is 12.0. The van der Waals surface area contributed by atoms with Crippen molar-refractivity contribution in [2.45, 2.75) is 12.8 Å². The molecule has 0 aliphatic carbocycles. The zero-order valence-corrected chi connectivity index (χ0v) is 11.3. The average Bonchev–Trinajstić information content (AvgIpc) is 3.01. The fourth-order valence-corrected chi connectivity index (χ4v) is 2.62. The number of aromatic nitrogens is 1. The predicted octanol–water partition coefficient (Wildman–Crippen LogP) is 1.85. The molecule has 0 radical (unpaired) electrons. The van der Waals surface area contributed by atoms with Gasteiger partial charge in [0.2, 0.25) is 5.91 Å². The Balaban J connectivity index is 1.77. The van der Waals surface area contributed by atoms with Gasteiger partial charge in [-0.3, -0.25) is 9.78 Å². The summed E-state index contributed by atoms with van der Waals surface area (Å²) in [5, 5.41) is 5.12. The van der Waals surface area contributed by atoms with Crippen molar-refractivity contribution in [1.82, 2.24) is 9.88 Å². The molecule has 1 amide bonds. The summed E-state index contributed by atoms with van der Waals surface area (Å²) in [6.45, 7) is 2.08. The van der Waals surface area contributed by atoms with E-state index in [1.165, 1.54) is 0 Å². The van der Waals surface area contributed by atoms with Crippen molar-refractivity contribution < 1.29 is 4.79 Å². The summed E-state index contributed by atoms with van der Waals surface area (Å²) in [5.74, 6) is 0.154. The van der Waals surface area contributed by atoms with E-state index < -0.39 is 0 Å². The number of nitrogen functional groups attached to an aromatic ring is 1. The van der Waals surface area contributed by atoms with E-state index in [9.17, 15) is 4.79 Å². The first-order valence-corrected chi connectivity index (χ1v) is 6.89. The molecule has 2 heterocycles. The van der Waals surface area contributed by atoms with Gasteiger partial charge in [0.05, 0.1) is 6.54 Å². The number of hydrogen-bond donors (Lipinski definition) is 2. The molecule has 1 aromatic heterocycles. The van der Waals surface area contributed by atoms with Gasteiger partial charge in [-0.2, -0.15) is 0 Å². The van der Waals surface area contributed by atoms with Crippen LogP contribution in [0, 0.1) is 0 Å². The molecule has 0 atom stereocenters. The Hall–Kier alpha value is -2.30. The van der Waals surface area contributed by atoms with Crippen molar-refractivity contribution in [3.63, 3.8) is 0 Å². The van der Waals surface area contributed by atoms with Crippen molar-refractivity contribution in [3.8, 4) is 0 Å². The first-order valence-electron chi connectivity index (χ1n) is 6.89. The molecule has 3 N–H and O–H groups in total. The molecule has 5 nitrogen and oxygen atoms in total. The Morgan fingerprint density at radius 2 is 2.05 bits per heavy atom. The molecule has 0 unspecified atom stereocenters. The topological polar surface area (TPSA) is 71.2 Å². The van der Waals surface area contributed by atoms with E-state index in [4.69, 9.17) is 5.73 Å². The molecular weight excluding hydrogens is 252 g/mol. The summed E-state index contributed by atoms with van der Waals surface area (Å²) in [6, 6.07) is 5.66. The number of fused-ring (bicyclic) bond motifs is 1. The minimum absolute atomic E-state index is 0.154. The second-order valence-corrected chi connectivity index (χ2v) is 5.07. The smallest absolute Gasteiger partial charge is 0.241 e. The minimum Gasteiger partial charge on any atom is -0.398 e. The first kappa shape index (κ1) is 12.7. The zero-order valence-electron chi connectivity index (χ0n) is 11.3. The van der Waals surface area contributed by atoms with Gasteiger partial charge in [0.15, 0.2) is 0 Å². The van der Waals surface area contributed by atoms with E-state index in [1.54, 1.807) is 12.4 Å². The standard InChI is InChI=1S/C15H18N4O/c16-13-3-4-14(11-5-6-17-9-12(11)13)18-10-15(20)19-7-1-2-8-19/h3-6,9,18H,1-2,7-8,10,16H2. The van der Waals surface area contributed by atoms with Crippen molar-refractivity contribution in [2.24, 2.45) is 0 Å². The molecule has 0 saturated carbocycles. The molecule has 1 aliphatic heterocycles. The highest BCUT2D eigenvalue weighted by molar-refractivity contribution is 6.01. The van der Waals surface area contributed by atoms with E-state index in [2.05, 4.69) is 10.3 Å². The second kappa shape index (κ2) is 5.36. The molecule has 2 aromatic rings. The van der Waals surface area contributed by atoms with Gasteiger partial charge >= 0.3 is 0 Å². The lowest BCUT2D eigenvalue weighted by molar-refractivity contribution is -0.128. The average molecular weight is 270 g/mol. The highest BCUT2D eigenvalue weighted by Gasteiger charge is 2.17. The number of pyridine rings is 1. The number of amides is 1. The molecule has 20 heavy (non-hydrogen) atoms. The molecule has 3 rings (SSSR count). The molecule has 1 saturated heterocycles. The van der Waals surface area contributed by atoms with Crippen LogP contribution in [0.4, 0.5) is 11.4 Å². The molecule has 0 bridgehead atoms. The summed E-state index contributed by atoms with van der Waals surface area (Å²) in [7, 11) is 0. The Kier molecular flexibility index (Phi) is 3.41. The van der Waals surface area contributed by atoms with Gasteiger partial charge in [-0.25, -0.2) is 0 Å². The van der Waals surface area contributed by atoms with Crippen LogP contribution in [0.15, 0.2) is 30.6 Å². The second-order valence-electron chi connectivity index (χ2n) is 5.07. The third kappa shape index (κ3) is 2.39. The van der Waals surface area contributed by atoms with Crippen molar-refractivity contribution in [1.29, 1.82) is 0 Å². The van der Waals surface area contributed by atoms with Crippen LogP contribution in [0.1, 0.15) is 12.8 Å². The van der Waals surface area contributed by atoms with E-state index in [0.717, 1.165) is 42.4 Å².